The summed E-state index contributed by atoms with van der Waals surface area (Å²) in [6.07, 6.45) is 1.40. The van der Waals surface area contributed by atoms with Gasteiger partial charge in [0, 0.05) is 16.9 Å². The van der Waals surface area contributed by atoms with Crippen LogP contribution in [0.3, 0.4) is 0 Å². The van der Waals surface area contributed by atoms with Crippen LogP contribution in [-0.4, -0.2) is 27.1 Å². The van der Waals surface area contributed by atoms with E-state index in [9.17, 15) is 9.59 Å². The molecule has 3 aromatic rings. The normalized spacial score (nSPS) is 11.3. The van der Waals surface area contributed by atoms with Crippen molar-refractivity contribution in [3.8, 4) is 5.69 Å². The van der Waals surface area contributed by atoms with E-state index in [2.05, 4.69) is 10.1 Å². The minimum atomic E-state index is -1.02. The third-order valence-corrected chi connectivity index (χ3v) is 4.57. The minimum Gasteiger partial charge on any atom is -0.478 e. The molecule has 2 N–H and O–H groups in total. The van der Waals surface area contributed by atoms with Crippen molar-refractivity contribution in [3.05, 3.63) is 78.6 Å². The van der Waals surface area contributed by atoms with Gasteiger partial charge in [-0.2, -0.15) is 0 Å². The Morgan fingerprint density at radius 1 is 1.15 bits per heavy atom. The first-order valence-electron chi connectivity index (χ1n) is 7.62. The van der Waals surface area contributed by atoms with Gasteiger partial charge in [-0.1, -0.05) is 34.8 Å². The van der Waals surface area contributed by atoms with Crippen molar-refractivity contribution in [2.24, 2.45) is 4.99 Å². The average molecular weight is 425 g/mol. The number of aromatic nitrogens is 2. The number of carboxylic acids is 1. The number of aromatic carboxylic acids is 1. The molecule has 0 aliphatic rings. The van der Waals surface area contributed by atoms with E-state index in [1.165, 1.54) is 35.2 Å². The molecule has 2 aromatic carbocycles. The molecule has 0 saturated heterocycles. The van der Waals surface area contributed by atoms with Crippen LogP contribution in [0, 0.1) is 6.92 Å². The number of benzene rings is 2. The van der Waals surface area contributed by atoms with Crippen LogP contribution >= 0.6 is 34.8 Å². The lowest BCUT2D eigenvalue weighted by atomic mass is 10.2. The number of nitrogens with one attached hydrogen (secondary N) is 1. The fourth-order valence-electron chi connectivity index (χ4n) is 2.45. The number of hydrogen-bond acceptors (Lipinski definition) is 3. The first-order chi connectivity index (χ1) is 12.8. The van der Waals surface area contributed by atoms with Crippen molar-refractivity contribution >= 4 is 52.7 Å². The average Bonchev–Trinajstić information content (AvgIpc) is 2.86. The van der Waals surface area contributed by atoms with E-state index in [-0.39, 0.29) is 21.2 Å². The van der Waals surface area contributed by atoms with Crippen LogP contribution in [0.5, 0.6) is 0 Å². The molecule has 0 amide bonds. The number of H-pyrrole nitrogens is 1. The van der Waals surface area contributed by atoms with E-state index in [4.69, 9.17) is 39.9 Å². The van der Waals surface area contributed by atoms with Gasteiger partial charge in [0.2, 0.25) is 0 Å². The van der Waals surface area contributed by atoms with Crippen molar-refractivity contribution in [2.75, 3.05) is 0 Å². The highest BCUT2D eigenvalue weighted by Gasteiger charge is 2.16. The van der Waals surface area contributed by atoms with Gasteiger partial charge in [0.25, 0.3) is 5.56 Å². The number of hydrogen-bond donors (Lipinski definition) is 2. The second-order valence-corrected chi connectivity index (χ2v) is 6.87. The number of nitrogens with zero attached hydrogens (tertiary/aromatic N) is 2. The molecule has 0 fully saturated rings. The van der Waals surface area contributed by atoms with E-state index in [0.717, 1.165) is 0 Å². The van der Waals surface area contributed by atoms with Gasteiger partial charge in [-0.05, 0) is 43.3 Å². The number of halogens is 3. The Morgan fingerprint density at radius 3 is 2.30 bits per heavy atom. The summed E-state index contributed by atoms with van der Waals surface area (Å²) in [7, 11) is 0. The summed E-state index contributed by atoms with van der Waals surface area (Å²) >= 11 is 18.3. The molecule has 0 atom stereocenters. The molecule has 0 radical (unpaired) electrons. The molecule has 3 rings (SSSR count). The maximum Gasteiger partial charge on any atom is 0.335 e. The zero-order chi connectivity index (χ0) is 19.7. The second kappa shape index (κ2) is 7.60. The van der Waals surface area contributed by atoms with Gasteiger partial charge >= 0.3 is 5.97 Å². The second-order valence-electron chi connectivity index (χ2n) is 5.62. The molecule has 0 aliphatic carbocycles. The summed E-state index contributed by atoms with van der Waals surface area (Å²) in [5, 5.41) is 12.6. The molecule has 0 saturated carbocycles. The quantitative estimate of drug-likeness (QED) is 0.585. The monoisotopic (exact) mass is 423 g/mol. The number of aryl methyl sites for hydroxylation is 1. The number of carbonyl (C=O) groups is 1. The van der Waals surface area contributed by atoms with Crippen molar-refractivity contribution < 1.29 is 9.90 Å². The van der Waals surface area contributed by atoms with Crippen LogP contribution in [-0.2, 0) is 0 Å². The first-order valence-corrected chi connectivity index (χ1v) is 8.75. The van der Waals surface area contributed by atoms with Crippen LogP contribution < -0.4 is 5.56 Å². The Kier molecular flexibility index (Phi) is 5.41. The molecule has 0 unspecified atom stereocenters. The SMILES string of the molecule is Cc1[nH]n(-c2c(Cl)cc(Cl)cc2Cl)c(=O)c1C=Nc1ccc(C(=O)O)cc1. The molecule has 1 aromatic heterocycles. The predicted octanol–water partition coefficient (Wildman–Crippen LogP) is 4.88. The molecule has 0 aliphatic heterocycles. The predicted molar refractivity (Wildman–Crippen MR) is 107 cm³/mol. The summed E-state index contributed by atoms with van der Waals surface area (Å²) in [6, 6.07) is 8.95. The van der Waals surface area contributed by atoms with Crippen LogP contribution in [0.15, 0.2) is 46.2 Å². The highest BCUT2D eigenvalue weighted by atomic mass is 35.5. The lowest BCUT2D eigenvalue weighted by Gasteiger charge is -2.07. The number of carboxylic acid groups (broad SMARTS) is 1. The fourth-order valence-corrected chi connectivity index (χ4v) is 3.43. The van der Waals surface area contributed by atoms with Crippen molar-refractivity contribution in [2.45, 2.75) is 6.92 Å². The van der Waals surface area contributed by atoms with E-state index in [1.54, 1.807) is 19.1 Å². The van der Waals surface area contributed by atoms with Gasteiger partial charge in [-0.25, -0.2) is 9.48 Å². The van der Waals surface area contributed by atoms with Gasteiger partial charge in [0.1, 0.15) is 5.69 Å². The molecule has 6 nitrogen and oxygen atoms in total. The highest BCUT2D eigenvalue weighted by molar-refractivity contribution is 6.40. The first kappa shape index (κ1) is 19.2. The molecule has 1 heterocycles. The summed E-state index contributed by atoms with van der Waals surface area (Å²) in [6.45, 7) is 1.71. The summed E-state index contributed by atoms with van der Waals surface area (Å²) < 4.78 is 1.23. The standard InChI is InChI=1S/C18H12Cl3N3O3/c1-9-13(8-22-12-4-2-10(3-5-12)18(26)27)17(25)24(23-9)16-14(20)6-11(19)7-15(16)21/h2-8,23H,1H3,(H,26,27). The third kappa shape index (κ3) is 3.93. The fraction of sp³-hybridized carbons (Fsp3) is 0.0556. The lowest BCUT2D eigenvalue weighted by Crippen LogP contribution is -2.18. The molecular weight excluding hydrogens is 413 g/mol. The van der Waals surface area contributed by atoms with Gasteiger partial charge in [-0.3, -0.25) is 14.9 Å². The summed E-state index contributed by atoms with van der Waals surface area (Å²) in [5.74, 6) is -1.02. The third-order valence-electron chi connectivity index (χ3n) is 3.78. The molecule has 0 spiro atoms. The Hall–Kier alpha value is -2.54. The van der Waals surface area contributed by atoms with E-state index in [0.29, 0.717) is 27.7 Å². The topological polar surface area (TPSA) is 87.5 Å². The minimum absolute atomic E-state index is 0.154. The van der Waals surface area contributed by atoms with Gasteiger partial charge in [0.05, 0.1) is 26.9 Å². The Labute approximate surface area is 168 Å². The Morgan fingerprint density at radius 2 is 1.74 bits per heavy atom. The van der Waals surface area contributed by atoms with Crippen LogP contribution in [0.2, 0.25) is 15.1 Å². The molecule has 9 heteroatoms. The van der Waals surface area contributed by atoms with Gasteiger partial charge < -0.3 is 5.11 Å². The van der Waals surface area contributed by atoms with E-state index in [1.807, 2.05) is 0 Å². The van der Waals surface area contributed by atoms with Crippen LogP contribution in [0.4, 0.5) is 5.69 Å². The van der Waals surface area contributed by atoms with Crippen molar-refractivity contribution in [3.63, 3.8) is 0 Å². The highest BCUT2D eigenvalue weighted by Crippen LogP contribution is 2.31. The van der Waals surface area contributed by atoms with Gasteiger partial charge in [-0.15, -0.1) is 0 Å². The van der Waals surface area contributed by atoms with Crippen molar-refractivity contribution in [1.82, 2.24) is 9.78 Å². The molecular formula is C18H12Cl3N3O3. The van der Waals surface area contributed by atoms with Crippen LogP contribution in [0.25, 0.3) is 5.69 Å². The van der Waals surface area contributed by atoms with Crippen LogP contribution in [0.1, 0.15) is 21.6 Å². The molecule has 138 valence electrons. The van der Waals surface area contributed by atoms with Crippen molar-refractivity contribution in [1.29, 1.82) is 0 Å². The Bertz CT molecular complexity index is 1090. The summed E-state index contributed by atoms with van der Waals surface area (Å²) in [4.78, 5) is 27.9. The maximum absolute atomic E-state index is 12.8. The zero-order valence-electron chi connectivity index (χ0n) is 13.8. The lowest BCUT2D eigenvalue weighted by molar-refractivity contribution is 0.0697. The van der Waals surface area contributed by atoms with E-state index >= 15 is 0 Å². The van der Waals surface area contributed by atoms with E-state index < -0.39 is 5.97 Å². The zero-order valence-corrected chi connectivity index (χ0v) is 16.1. The number of rotatable bonds is 4. The molecule has 27 heavy (non-hydrogen) atoms. The summed E-state index contributed by atoms with van der Waals surface area (Å²) in [5.41, 5.74) is 1.45. The smallest absolute Gasteiger partial charge is 0.335 e. The number of aliphatic imine (C=N–C) groups is 1. The number of aromatic amines is 1. The van der Waals surface area contributed by atoms with Gasteiger partial charge in [0.15, 0.2) is 0 Å². The Balaban J connectivity index is 2.00. The maximum atomic E-state index is 12.8. The molecule has 0 bridgehead atoms. The largest absolute Gasteiger partial charge is 0.478 e.